The molecule has 5 nitrogen and oxygen atoms in total. The van der Waals surface area contributed by atoms with Crippen molar-refractivity contribution < 1.29 is 13.9 Å². The Balaban J connectivity index is 2.08. The topological polar surface area (TPSA) is 54.7 Å². The van der Waals surface area contributed by atoms with E-state index in [0.29, 0.717) is 11.4 Å². The highest BCUT2D eigenvalue weighted by Crippen LogP contribution is 2.25. The van der Waals surface area contributed by atoms with Crippen molar-refractivity contribution in [2.75, 3.05) is 19.5 Å². The molecule has 2 aromatic rings. The molecule has 0 aliphatic carbocycles. The standard InChI is InChI=1S/C15H18N2O3/c1-11(13-9-6-10-20-13)17(2)15(18)16-12-7-4-5-8-14(12)19-3/h4-11H,1-3H3,(H,16,18). The second-order valence-electron chi connectivity index (χ2n) is 4.43. The van der Waals surface area contributed by atoms with Crippen LogP contribution in [0.2, 0.25) is 0 Å². The molecule has 1 unspecified atom stereocenters. The van der Waals surface area contributed by atoms with Gasteiger partial charge >= 0.3 is 6.03 Å². The minimum atomic E-state index is -0.224. The lowest BCUT2D eigenvalue weighted by atomic mass is 10.2. The van der Waals surface area contributed by atoms with Crippen molar-refractivity contribution in [3.05, 3.63) is 48.4 Å². The SMILES string of the molecule is COc1ccccc1NC(=O)N(C)C(C)c1ccco1. The summed E-state index contributed by atoms with van der Waals surface area (Å²) in [6, 6.07) is 10.6. The number of nitrogens with zero attached hydrogens (tertiary/aromatic N) is 1. The van der Waals surface area contributed by atoms with E-state index in [0.717, 1.165) is 5.76 Å². The van der Waals surface area contributed by atoms with Crippen LogP contribution < -0.4 is 10.1 Å². The van der Waals surface area contributed by atoms with Gasteiger partial charge in [-0.1, -0.05) is 12.1 Å². The molecular formula is C15H18N2O3. The lowest BCUT2D eigenvalue weighted by molar-refractivity contribution is 0.201. The van der Waals surface area contributed by atoms with Crippen LogP contribution in [0, 0.1) is 0 Å². The molecule has 106 valence electrons. The Kier molecular flexibility index (Phi) is 4.30. The number of para-hydroxylation sites is 2. The Morgan fingerprint density at radius 3 is 2.70 bits per heavy atom. The van der Waals surface area contributed by atoms with Gasteiger partial charge in [0.15, 0.2) is 0 Å². The smallest absolute Gasteiger partial charge is 0.322 e. The van der Waals surface area contributed by atoms with Gasteiger partial charge in [0.1, 0.15) is 11.5 Å². The summed E-state index contributed by atoms with van der Waals surface area (Å²) in [6.07, 6.45) is 1.60. The van der Waals surface area contributed by atoms with Gasteiger partial charge in [-0.15, -0.1) is 0 Å². The summed E-state index contributed by atoms with van der Waals surface area (Å²) >= 11 is 0. The zero-order valence-corrected chi connectivity index (χ0v) is 11.8. The van der Waals surface area contributed by atoms with E-state index in [-0.39, 0.29) is 12.1 Å². The Morgan fingerprint density at radius 1 is 1.30 bits per heavy atom. The minimum Gasteiger partial charge on any atom is -0.495 e. The molecule has 5 heteroatoms. The highest BCUT2D eigenvalue weighted by molar-refractivity contribution is 5.91. The molecule has 0 bridgehead atoms. The molecule has 0 spiro atoms. The summed E-state index contributed by atoms with van der Waals surface area (Å²) in [5, 5.41) is 2.82. The van der Waals surface area contributed by atoms with Gasteiger partial charge in [-0.25, -0.2) is 4.79 Å². The van der Waals surface area contributed by atoms with E-state index in [1.165, 1.54) is 0 Å². The van der Waals surface area contributed by atoms with Gasteiger partial charge in [0.25, 0.3) is 0 Å². The third-order valence-electron chi connectivity index (χ3n) is 3.20. The van der Waals surface area contributed by atoms with E-state index in [1.807, 2.05) is 25.1 Å². The van der Waals surface area contributed by atoms with E-state index in [4.69, 9.17) is 9.15 Å². The normalized spacial score (nSPS) is 11.8. The number of rotatable bonds is 4. The number of carbonyl (C=O) groups excluding carboxylic acids is 1. The van der Waals surface area contributed by atoms with Gasteiger partial charge in [-0.05, 0) is 31.2 Å². The van der Waals surface area contributed by atoms with Crippen LogP contribution in [0.25, 0.3) is 0 Å². The van der Waals surface area contributed by atoms with E-state index in [9.17, 15) is 4.79 Å². The largest absolute Gasteiger partial charge is 0.495 e. The summed E-state index contributed by atoms with van der Waals surface area (Å²) in [6.45, 7) is 1.90. The predicted octanol–water partition coefficient (Wildman–Crippen LogP) is 3.51. The van der Waals surface area contributed by atoms with Crippen LogP contribution >= 0.6 is 0 Å². The molecule has 0 aliphatic rings. The summed E-state index contributed by atoms with van der Waals surface area (Å²) in [4.78, 5) is 13.8. The molecule has 0 saturated heterocycles. The first-order valence-electron chi connectivity index (χ1n) is 6.33. The van der Waals surface area contributed by atoms with Crippen LogP contribution in [0.1, 0.15) is 18.7 Å². The van der Waals surface area contributed by atoms with E-state index < -0.39 is 0 Å². The van der Waals surface area contributed by atoms with Gasteiger partial charge < -0.3 is 19.4 Å². The van der Waals surface area contributed by atoms with Gasteiger partial charge in [0.2, 0.25) is 0 Å². The maximum absolute atomic E-state index is 12.2. The second-order valence-corrected chi connectivity index (χ2v) is 4.43. The number of hydrogen-bond donors (Lipinski definition) is 1. The predicted molar refractivity (Wildman–Crippen MR) is 76.9 cm³/mol. The number of urea groups is 1. The first kappa shape index (κ1) is 14.0. The Labute approximate surface area is 118 Å². The van der Waals surface area contributed by atoms with Crippen LogP contribution in [-0.2, 0) is 0 Å². The number of nitrogens with one attached hydrogen (secondary N) is 1. The third-order valence-corrected chi connectivity index (χ3v) is 3.20. The molecule has 2 amide bonds. The monoisotopic (exact) mass is 274 g/mol. The van der Waals surface area contributed by atoms with Crippen molar-refractivity contribution in [3.63, 3.8) is 0 Å². The maximum atomic E-state index is 12.2. The molecule has 1 atom stereocenters. The van der Waals surface area contributed by atoms with E-state index >= 15 is 0 Å². The fourth-order valence-corrected chi connectivity index (χ4v) is 1.85. The molecule has 1 aromatic carbocycles. The number of furan rings is 1. The highest BCUT2D eigenvalue weighted by atomic mass is 16.5. The number of methoxy groups -OCH3 is 1. The first-order chi connectivity index (χ1) is 9.63. The highest BCUT2D eigenvalue weighted by Gasteiger charge is 2.20. The molecule has 0 radical (unpaired) electrons. The van der Waals surface area contributed by atoms with Gasteiger partial charge in [0, 0.05) is 7.05 Å². The maximum Gasteiger partial charge on any atom is 0.322 e. The molecular weight excluding hydrogens is 256 g/mol. The molecule has 1 heterocycles. The molecule has 1 N–H and O–H groups in total. The fourth-order valence-electron chi connectivity index (χ4n) is 1.85. The second kappa shape index (κ2) is 6.14. The number of hydrogen-bond acceptors (Lipinski definition) is 3. The average molecular weight is 274 g/mol. The van der Waals surface area contributed by atoms with Crippen molar-refractivity contribution in [2.24, 2.45) is 0 Å². The molecule has 0 aliphatic heterocycles. The van der Waals surface area contributed by atoms with E-state index in [1.54, 1.807) is 43.5 Å². The number of anilines is 1. The minimum absolute atomic E-state index is 0.153. The van der Waals surface area contributed by atoms with Crippen LogP contribution in [-0.4, -0.2) is 25.1 Å². The van der Waals surface area contributed by atoms with Gasteiger partial charge in [0.05, 0.1) is 25.1 Å². The summed E-state index contributed by atoms with van der Waals surface area (Å²) in [7, 11) is 3.29. The Hall–Kier alpha value is -2.43. The Morgan fingerprint density at radius 2 is 2.05 bits per heavy atom. The molecule has 20 heavy (non-hydrogen) atoms. The lowest BCUT2D eigenvalue weighted by Gasteiger charge is -2.24. The van der Waals surface area contributed by atoms with Crippen LogP contribution in [0.5, 0.6) is 5.75 Å². The molecule has 1 aromatic heterocycles. The van der Waals surface area contributed by atoms with Crippen molar-refractivity contribution in [1.82, 2.24) is 4.90 Å². The van der Waals surface area contributed by atoms with Gasteiger partial charge in [-0.2, -0.15) is 0 Å². The lowest BCUT2D eigenvalue weighted by Crippen LogP contribution is -2.33. The van der Waals surface area contributed by atoms with Crippen LogP contribution in [0.4, 0.5) is 10.5 Å². The third kappa shape index (κ3) is 2.93. The van der Waals surface area contributed by atoms with Gasteiger partial charge in [-0.3, -0.25) is 0 Å². The summed E-state index contributed by atoms with van der Waals surface area (Å²) in [5.74, 6) is 1.36. The fraction of sp³-hybridized carbons (Fsp3) is 0.267. The zero-order valence-electron chi connectivity index (χ0n) is 11.8. The van der Waals surface area contributed by atoms with Crippen molar-refractivity contribution in [1.29, 1.82) is 0 Å². The van der Waals surface area contributed by atoms with E-state index in [2.05, 4.69) is 5.32 Å². The van der Waals surface area contributed by atoms with Crippen molar-refractivity contribution >= 4 is 11.7 Å². The summed E-state index contributed by atoms with van der Waals surface area (Å²) < 4.78 is 10.5. The first-order valence-corrected chi connectivity index (χ1v) is 6.33. The number of amides is 2. The summed E-state index contributed by atoms with van der Waals surface area (Å²) in [5.41, 5.74) is 0.637. The molecule has 0 fully saturated rings. The quantitative estimate of drug-likeness (QED) is 0.928. The molecule has 0 saturated carbocycles. The van der Waals surface area contributed by atoms with Crippen molar-refractivity contribution in [2.45, 2.75) is 13.0 Å². The zero-order chi connectivity index (χ0) is 14.5. The van der Waals surface area contributed by atoms with Crippen LogP contribution in [0.15, 0.2) is 47.1 Å². The number of benzene rings is 1. The Bertz CT molecular complexity index is 566. The molecule has 2 rings (SSSR count). The average Bonchev–Trinajstić information content (AvgIpc) is 3.00. The number of ether oxygens (including phenoxy) is 1. The number of carbonyl (C=O) groups is 1. The van der Waals surface area contributed by atoms with Crippen molar-refractivity contribution in [3.8, 4) is 5.75 Å². The van der Waals surface area contributed by atoms with Crippen LogP contribution in [0.3, 0.4) is 0 Å².